The number of aromatic nitrogens is 2. The van der Waals surface area contributed by atoms with Gasteiger partial charge in [0, 0.05) is 24.8 Å². The molecule has 0 saturated carbocycles. The zero-order valence-corrected chi connectivity index (χ0v) is 10.2. The number of aliphatic carboxylic acids is 1. The Labute approximate surface area is 95.5 Å². The highest BCUT2D eigenvalue weighted by atomic mass is 16.4. The molecule has 0 saturated heterocycles. The summed E-state index contributed by atoms with van der Waals surface area (Å²) in [5.41, 5.74) is 2.09. The van der Waals surface area contributed by atoms with E-state index in [-0.39, 0.29) is 5.92 Å². The maximum absolute atomic E-state index is 11.0. The van der Waals surface area contributed by atoms with Gasteiger partial charge in [-0.2, -0.15) is 5.10 Å². The minimum Gasteiger partial charge on any atom is -0.480 e. The molecule has 90 valence electrons. The van der Waals surface area contributed by atoms with E-state index in [0.29, 0.717) is 6.54 Å². The summed E-state index contributed by atoms with van der Waals surface area (Å²) in [4.78, 5) is 11.0. The quantitative estimate of drug-likeness (QED) is 0.782. The average molecular weight is 225 g/mol. The summed E-state index contributed by atoms with van der Waals surface area (Å²) in [6.45, 7) is 6.29. The molecule has 1 heterocycles. The van der Waals surface area contributed by atoms with E-state index in [9.17, 15) is 4.79 Å². The maximum Gasteiger partial charge on any atom is 0.320 e. The van der Waals surface area contributed by atoms with Gasteiger partial charge in [0.2, 0.25) is 0 Å². The molecular formula is C11H19N3O2. The van der Waals surface area contributed by atoms with Crippen LogP contribution in [0.4, 0.5) is 0 Å². The van der Waals surface area contributed by atoms with Crippen LogP contribution in [0.2, 0.25) is 0 Å². The van der Waals surface area contributed by atoms with Crippen LogP contribution in [0.5, 0.6) is 0 Å². The fourth-order valence-corrected chi connectivity index (χ4v) is 1.55. The largest absolute Gasteiger partial charge is 0.480 e. The van der Waals surface area contributed by atoms with E-state index in [1.165, 1.54) is 0 Å². The Hall–Kier alpha value is -1.36. The van der Waals surface area contributed by atoms with Crippen molar-refractivity contribution in [3.8, 4) is 0 Å². The first-order valence-corrected chi connectivity index (χ1v) is 5.37. The summed E-state index contributed by atoms with van der Waals surface area (Å²) >= 11 is 0. The van der Waals surface area contributed by atoms with Crippen molar-refractivity contribution >= 4 is 5.97 Å². The van der Waals surface area contributed by atoms with E-state index in [1.807, 2.05) is 27.8 Å². The van der Waals surface area contributed by atoms with Crippen LogP contribution in [0.3, 0.4) is 0 Å². The molecule has 16 heavy (non-hydrogen) atoms. The zero-order valence-electron chi connectivity index (χ0n) is 10.2. The van der Waals surface area contributed by atoms with Gasteiger partial charge in [0.25, 0.3) is 0 Å². The topological polar surface area (TPSA) is 67.2 Å². The van der Waals surface area contributed by atoms with Gasteiger partial charge < -0.3 is 5.11 Å². The molecule has 5 heteroatoms. The number of nitrogens with zero attached hydrogens (tertiary/aromatic N) is 2. The van der Waals surface area contributed by atoms with Crippen LogP contribution >= 0.6 is 0 Å². The number of aryl methyl sites for hydroxylation is 1. The van der Waals surface area contributed by atoms with Crippen LogP contribution in [0, 0.1) is 12.8 Å². The van der Waals surface area contributed by atoms with Crippen LogP contribution in [-0.2, 0) is 18.4 Å². The van der Waals surface area contributed by atoms with Gasteiger partial charge in [-0.05, 0) is 12.8 Å². The molecule has 1 unspecified atom stereocenters. The summed E-state index contributed by atoms with van der Waals surface area (Å²) in [5, 5.41) is 16.2. The van der Waals surface area contributed by atoms with Gasteiger partial charge >= 0.3 is 5.97 Å². The number of carbonyl (C=O) groups is 1. The Morgan fingerprint density at radius 2 is 2.25 bits per heavy atom. The van der Waals surface area contributed by atoms with Gasteiger partial charge in [-0.25, -0.2) is 0 Å². The third-order valence-corrected chi connectivity index (χ3v) is 2.78. The van der Waals surface area contributed by atoms with Gasteiger partial charge in [0.1, 0.15) is 6.04 Å². The number of carboxylic acids is 1. The molecule has 5 nitrogen and oxygen atoms in total. The minimum absolute atomic E-state index is 0.0643. The molecule has 1 aromatic rings. The second kappa shape index (κ2) is 5.12. The van der Waals surface area contributed by atoms with Crippen molar-refractivity contribution in [2.75, 3.05) is 0 Å². The molecule has 0 aliphatic heterocycles. The molecular weight excluding hydrogens is 206 g/mol. The first-order chi connectivity index (χ1) is 7.43. The normalized spacial score (nSPS) is 13.1. The van der Waals surface area contributed by atoms with Crippen LogP contribution in [0.15, 0.2) is 6.20 Å². The Kier molecular flexibility index (Phi) is 4.06. The fraction of sp³-hybridized carbons (Fsp3) is 0.636. The predicted molar refractivity (Wildman–Crippen MR) is 61.0 cm³/mol. The Morgan fingerprint density at radius 1 is 1.62 bits per heavy atom. The second-order valence-corrected chi connectivity index (χ2v) is 4.32. The second-order valence-electron chi connectivity index (χ2n) is 4.32. The summed E-state index contributed by atoms with van der Waals surface area (Å²) in [5.74, 6) is -0.744. The van der Waals surface area contributed by atoms with Gasteiger partial charge in [-0.1, -0.05) is 13.8 Å². The lowest BCUT2D eigenvalue weighted by atomic mass is 10.0. The first-order valence-electron chi connectivity index (χ1n) is 5.37. The van der Waals surface area contributed by atoms with Crippen molar-refractivity contribution < 1.29 is 9.90 Å². The highest BCUT2D eigenvalue weighted by molar-refractivity contribution is 5.73. The Balaban J connectivity index is 2.62. The molecule has 0 aromatic carbocycles. The molecule has 0 spiro atoms. The van der Waals surface area contributed by atoms with Gasteiger partial charge in [0.05, 0.1) is 6.20 Å². The van der Waals surface area contributed by atoms with Crippen molar-refractivity contribution in [1.29, 1.82) is 0 Å². The van der Waals surface area contributed by atoms with E-state index >= 15 is 0 Å². The van der Waals surface area contributed by atoms with E-state index in [4.69, 9.17) is 5.11 Å². The van der Waals surface area contributed by atoms with E-state index in [1.54, 1.807) is 10.9 Å². The van der Waals surface area contributed by atoms with Crippen molar-refractivity contribution in [2.24, 2.45) is 13.0 Å². The lowest BCUT2D eigenvalue weighted by molar-refractivity contribution is -0.140. The molecule has 0 fully saturated rings. The minimum atomic E-state index is -0.809. The molecule has 0 radical (unpaired) electrons. The summed E-state index contributed by atoms with van der Waals surface area (Å²) in [7, 11) is 1.87. The van der Waals surface area contributed by atoms with E-state index < -0.39 is 12.0 Å². The van der Waals surface area contributed by atoms with Gasteiger partial charge in [-0.15, -0.1) is 0 Å². The molecule has 0 amide bonds. The van der Waals surface area contributed by atoms with Crippen LogP contribution < -0.4 is 5.32 Å². The van der Waals surface area contributed by atoms with Gasteiger partial charge in [-0.3, -0.25) is 14.8 Å². The molecule has 0 aliphatic carbocycles. The highest BCUT2D eigenvalue weighted by Gasteiger charge is 2.20. The fourth-order valence-electron chi connectivity index (χ4n) is 1.55. The number of hydrogen-bond acceptors (Lipinski definition) is 3. The Bertz CT molecular complexity index is 371. The third kappa shape index (κ3) is 2.82. The molecule has 1 rings (SSSR count). The molecule has 2 N–H and O–H groups in total. The van der Waals surface area contributed by atoms with Gasteiger partial charge in [0.15, 0.2) is 0 Å². The number of hydrogen-bond donors (Lipinski definition) is 2. The lowest BCUT2D eigenvalue weighted by Gasteiger charge is -2.17. The summed E-state index contributed by atoms with van der Waals surface area (Å²) < 4.78 is 1.78. The SMILES string of the molecule is Cc1c(CNC(C(=O)O)C(C)C)cnn1C. The van der Waals surface area contributed by atoms with Crippen LogP contribution in [0.1, 0.15) is 25.1 Å². The molecule has 0 aliphatic rings. The smallest absolute Gasteiger partial charge is 0.320 e. The predicted octanol–water partition coefficient (Wildman–Crippen LogP) is 0.927. The van der Waals surface area contributed by atoms with E-state index in [2.05, 4.69) is 10.4 Å². The molecule has 1 atom stereocenters. The standard InChI is InChI=1S/C11H19N3O2/c1-7(2)10(11(15)16)12-5-9-6-13-14(4)8(9)3/h6-7,10,12H,5H2,1-4H3,(H,15,16). The first kappa shape index (κ1) is 12.7. The lowest BCUT2D eigenvalue weighted by Crippen LogP contribution is -2.40. The van der Waals surface area contributed by atoms with Crippen LogP contribution in [0.25, 0.3) is 0 Å². The summed E-state index contributed by atoms with van der Waals surface area (Å²) in [6, 6.07) is -0.514. The number of nitrogens with one attached hydrogen (secondary N) is 1. The third-order valence-electron chi connectivity index (χ3n) is 2.78. The van der Waals surface area contributed by atoms with Crippen LogP contribution in [-0.4, -0.2) is 26.9 Å². The molecule has 0 bridgehead atoms. The monoisotopic (exact) mass is 225 g/mol. The maximum atomic E-state index is 11.0. The van der Waals surface area contributed by atoms with Crippen molar-refractivity contribution in [3.63, 3.8) is 0 Å². The summed E-state index contributed by atoms with van der Waals surface area (Å²) in [6.07, 6.45) is 1.77. The van der Waals surface area contributed by atoms with E-state index in [0.717, 1.165) is 11.3 Å². The number of rotatable bonds is 5. The Morgan fingerprint density at radius 3 is 2.62 bits per heavy atom. The average Bonchev–Trinajstić information content (AvgIpc) is 2.48. The van der Waals surface area contributed by atoms with Crippen molar-refractivity contribution in [2.45, 2.75) is 33.4 Å². The number of carboxylic acid groups (broad SMARTS) is 1. The van der Waals surface area contributed by atoms with Crippen molar-refractivity contribution in [3.05, 3.63) is 17.5 Å². The molecule has 1 aromatic heterocycles. The highest BCUT2D eigenvalue weighted by Crippen LogP contribution is 2.07. The zero-order chi connectivity index (χ0) is 12.3. The van der Waals surface area contributed by atoms with Crippen molar-refractivity contribution in [1.82, 2.24) is 15.1 Å².